The van der Waals surface area contributed by atoms with E-state index < -0.39 is 6.10 Å². The second-order valence-electron chi connectivity index (χ2n) is 4.45. The summed E-state index contributed by atoms with van der Waals surface area (Å²) >= 11 is 1.27. The Labute approximate surface area is 119 Å². The van der Waals surface area contributed by atoms with Gasteiger partial charge in [-0.1, -0.05) is 17.4 Å². The van der Waals surface area contributed by atoms with Crippen LogP contribution in [0, 0.1) is 0 Å². The van der Waals surface area contributed by atoms with Crippen molar-refractivity contribution in [1.82, 2.24) is 20.1 Å². The van der Waals surface area contributed by atoms with Crippen molar-refractivity contribution in [2.24, 2.45) is 0 Å². The van der Waals surface area contributed by atoms with Crippen LogP contribution in [-0.2, 0) is 0 Å². The van der Waals surface area contributed by atoms with Crippen LogP contribution >= 0.6 is 11.3 Å². The number of pyridine rings is 1. The summed E-state index contributed by atoms with van der Waals surface area (Å²) in [4.78, 5) is 17.7. The lowest BCUT2D eigenvalue weighted by Crippen LogP contribution is -2.33. The highest BCUT2D eigenvalue weighted by Gasteiger charge is 2.25. The van der Waals surface area contributed by atoms with E-state index in [0.29, 0.717) is 29.6 Å². The van der Waals surface area contributed by atoms with Gasteiger partial charge in [-0.25, -0.2) is 4.79 Å². The summed E-state index contributed by atoms with van der Waals surface area (Å²) < 4.78 is 0. The van der Waals surface area contributed by atoms with E-state index in [4.69, 9.17) is 0 Å². The number of carbonyl (C=O) groups is 1. The number of nitrogens with one attached hydrogen (secondary N) is 1. The van der Waals surface area contributed by atoms with Crippen LogP contribution in [0.4, 0.5) is 9.93 Å². The Kier molecular flexibility index (Phi) is 3.57. The third kappa shape index (κ3) is 2.75. The molecule has 1 aliphatic heterocycles. The molecule has 2 N–H and O–H groups in total. The Bertz CT molecular complexity index is 603. The van der Waals surface area contributed by atoms with Gasteiger partial charge in [-0.3, -0.25) is 10.3 Å². The third-order valence-corrected chi connectivity index (χ3v) is 3.83. The van der Waals surface area contributed by atoms with Crippen LogP contribution in [0.5, 0.6) is 0 Å². The Morgan fingerprint density at radius 2 is 2.35 bits per heavy atom. The number of carbonyl (C=O) groups excluding carboxylic acids is 1. The van der Waals surface area contributed by atoms with Gasteiger partial charge in [0.1, 0.15) is 5.69 Å². The molecule has 1 aliphatic rings. The first-order chi connectivity index (χ1) is 9.72. The first kappa shape index (κ1) is 12.9. The van der Waals surface area contributed by atoms with Crippen LogP contribution in [-0.4, -0.2) is 50.4 Å². The van der Waals surface area contributed by atoms with Crippen molar-refractivity contribution < 1.29 is 9.90 Å². The number of aliphatic hydroxyl groups is 1. The van der Waals surface area contributed by atoms with E-state index in [0.717, 1.165) is 5.69 Å². The van der Waals surface area contributed by atoms with Crippen molar-refractivity contribution in [2.45, 2.75) is 12.5 Å². The third-order valence-electron chi connectivity index (χ3n) is 2.97. The van der Waals surface area contributed by atoms with Gasteiger partial charge in [0.2, 0.25) is 5.13 Å². The van der Waals surface area contributed by atoms with E-state index in [1.165, 1.54) is 11.3 Å². The number of hydrogen-bond acceptors (Lipinski definition) is 6. The van der Waals surface area contributed by atoms with E-state index in [9.17, 15) is 9.90 Å². The first-order valence-corrected chi connectivity index (χ1v) is 7.03. The largest absolute Gasteiger partial charge is 0.391 e. The molecule has 0 radical (unpaired) electrons. The molecule has 2 aromatic heterocycles. The molecule has 1 saturated heterocycles. The zero-order chi connectivity index (χ0) is 13.9. The van der Waals surface area contributed by atoms with Crippen molar-refractivity contribution in [3.05, 3.63) is 24.4 Å². The first-order valence-electron chi connectivity index (χ1n) is 6.21. The number of urea groups is 1. The Hall–Kier alpha value is -2.06. The minimum absolute atomic E-state index is 0.259. The fraction of sp³-hybridized carbons (Fsp3) is 0.333. The second-order valence-corrected chi connectivity index (χ2v) is 5.42. The van der Waals surface area contributed by atoms with Crippen LogP contribution in [0.1, 0.15) is 6.42 Å². The average Bonchev–Trinajstić information content (AvgIpc) is 3.09. The lowest BCUT2D eigenvalue weighted by molar-refractivity contribution is 0.176. The van der Waals surface area contributed by atoms with E-state index >= 15 is 0 Å². The second kappa shape index (κ2) is 5.51. The molecule has 3 rings (SSSR count). The number of anilines is 1. The van der Waals surface area contributed by atoms with E-state index in [2.05, 4.69) is 20.5 Å². The number of likely N-dealkylation sites (tertiary alicyclic amines) is 1. The molecular formula is C12H13N5O2S. The van der Waals surface area contributed by atoms with Crippen LogP contribution in [0.3, 0.4) is 0 Å². The molecular weight excluding hydrogens is 278 g/mol. The normalized spacial score (nSPS) is 18.2. The molecule has 104 valence electrons. The number of rotatable bonds is 2. The Morgan fingerprint density at radius 3 is 3.05 bits per heavy atom. The highest BCUT2D eigenvalue weighted by atomic mass is 32.1. The predicted molar refractivity (Wildman–Crippen MR) is 74.4 cm³/mol. The van der Waals surface area contributed by atoms with Gasteiger partial charge in [0.05, 0.1) is 6.10 Å². The topological polar surface area (TPSA) is 91.2 Å². The lowest BCUT2D eigenvalue weighted by atomic mass is 10.3. The van der Waals surface area contributed by atoms with Gasteiger partial charge in [0, 0.05) is 19.3 Å². The fourth-order valence-electron chi connectivity index (χ4n) is 1.96. The molecule has 0 aliphatic carbocycles. The van der Waals surface area contributed by atoms with Crippen molar-refractivity contribution >= 4 is 22.5 Å². The molecule has 3 heterocycles. The number of nitrogens with zero attached hydrogens (tertiary/aromatic N) is 4. The molecule has 0 bridgehead atoms. The number of aliphatic hydroxyl groups excluding tert-OH is 1. The molecule has 7 nitrogen and oxygen atoms in total. The number of aromatic nitrogens is 3. The maximum absolute atomic E-state index is 11.9. The molecule has 20 heavy (non-hydrogen) atoms. The number of hydrogen-bond donors (Lipinski definition) is 2. The quantitative estimate of drug-likeness (QED) is 0.867. The van der Waals surface area contributed by atoms with Gasteiger partial charge in [-0.05, 0) is 18.6 Å². The SMILES string of the molecule is O=C(Nc1nnc(-c2ccccn2)s1)N1CC[C@@H](O)C1. The van der Waals surface area contributed by atoms with E-state index in [1.807, 2.05) is 18.2 Å². The Balaban J connectivity index is 1.67. The van der Waals surface area contributed by atoms with E-state index in [-0.39, 0.29) is 6.03 Å². The summed E-state index contributed by atoms with van der Waals surface area (Å²) in [5.74, 6) is 0. The van der Waals surface area contributed by atoms with Gasteiger partial charge >= 0.3 is 6.03 Å². The van der Waals surface area contributed by atoms with Gasteiger partial charge in [0.15, 0.2) is 5.01 Å². The fourth-order valence-corrected chi connectivity index (χ4v) is 2.67. The van der Waals surface area contributed by atoms with Gasteiger partial charge in [0.25, 0.3) is 0 Å². The standard InChI is InChI=1S/C12H13N5O2S/c18-8-4-6-17(7-8)12(19)14-11-16-15-10(20-11)9-3-1-2-5-13-9/h1-3,5,8,18H,4,6-7H2,(H,14,16,19)/t8-/m1/s1. The molecule has 0 unspecified atom stereocenters. The average molecular weight is 291 g/mol. The highest BCUT2D eigenvalue weighted by Crippen LogP contribution is 2.24. The number of amides is 2. The van der Waals surface area contributed by atoms with Crippen molar-refractivity contribution in [3.8, 4) is 10.7 Å². The monoisotopic (exact) mass is 291 g/mol. The lowest BCUT2D eigenvalue weighted by Gasteiger charge is -2.14. The molecule has 1 fully saturated rings. The minimum Gasteiger partial charge on any atom is -0.391 e. The van der Waals surface area contributed by atoms with Crippen LogP contribution in [0.2, 0.25) is 0 Å². The van der Waals surface area contributed by atoms with Crippen LogP contribution in [0.15, 0.2) is 24.4 Å². The predicted octanol–water partition coefficient (Wildman–Crippen LogP) is 1.20. The maximum Gasteiger partial charge on any atom is 0.323 e. The summed E-state index contributed by atoms with van der Waals surface area (Å²) in [5.41, 5.74) is 0.724. The minimum atomic E-state index is -0.431. The molecule has 0 saturated carbocycles. The number of β-amino-alcohol motifs (C(OH)–C–C–N with tert-alkyl or cyclic N) is 1. The molecule has 0 aromatic carbocycles. The van der Waals surface area contributed by atoms with Gasteiger partial charge in [-0.2, -0.15) is 0 Å². The summed E-state index contributed by atoms with van der Waals surface area (Å²) in [6, 6.07) is 5.27. The van der Waals surface area contributed by atoms with Gasteiger partial charge in [-0.15, -0.1) is 10.2 Å². The van der Waals surface area contributed by atoms with Crippen LogP contribution < -0.4 is 5.32 Å². The summed E-state index contributed by atoms with van der Waals surface area (Å²) in [7, 11) is 0. The molecule has 2 amide bonds. The molecule has 8 heteroatoms. The summed E-state index contributed by atoms with van der Waals surface area (Å²) in [5, 5.41) is 21.1. The van der Waals surface area contributed by atoms with E-state index in [1.54, 1.807) is 11.1 Å². The molecule has 2 aromatic rings. The van der Waals surface area contributed by atoms with Crippen LogP contribution in [0.25, 0.3) is 10.7 Å². The van der Waals surface area contributed by atoms with Crippen molar-refractivity contribution in [2.75, 3.05) is 18.4 Å². The smallest absolute Gasteiger partial charge is 0.323 e. The zero-order valence-electron chi connectivity index (χ0n) is 10.6. The van der Waals surface area contributed by atoms with Crippen molar-refractivity contribution in [1.29, 1.82) is 0 Å². The van der Waals surface area contributed by atoms with Gasteiger partial charge < -0.3 is 10.0 Å². The summed E-state index contributed by atoms with van der Waals surface area (Å²) in [6.45, 7) is 0.913. The van der Waals surface area contributed by atoms with Crippen molar-refractivity contribution in [3.63, 3.8) is 0 Å². The Morgan fingerprint density at radius 1 is 1.45 bits per heavy atom. The zero-order valence-corrected chi connectivity index (χ0v) is 11.4. The maximum atomic E-state index is 11.9. The molecule has 1 atom stereocenters. The highest BCUT2D eigenvalue weighted by molar-refractivity contribution is 7.18. The molecule has 0 spiro atoms. The summed E-state index contributed by atoms with van der Waals surface area (Å²) in [6.07, 6.45) is 1.86.